The highest BCUT2D eigenvalue weighted by Crippen LogP contribution is 2.25. The van der Waals surface area contributed by atoms with Crippen LogP contribution in [0.15, 0.2) is 83.8 Å². The Morgan fingerprint density at radius 2 is 1.57 bits per heavy atom. The second-order valence-electron chi connectivity index (χ2n) is 6.43. The Hall–Kier alpha value is -3.03. The minimum atomic E-state index is -3.73. The summed E-state index contributed by atoms with van der Waals surface area (Å²) >= 11 is 6.09. The van der Waals surface area contributed by atoms with Crippen LogP contribution >= 0.6 is 11.6 Å². The Bertz CT molecular complexity index is 1100. The fraction of sp³-hybridized carbons (Fsp3) is 0.136. The molecule has 1 amide bonds. The van der Waals surface area contributed by atoms with Crippen molar-refractivity contribution in [2.24, 2.45) is 0 Å². The normalized spacial score (nSPS) is 12.1. The minimum absolute atomic E-state index is 0.0868. The van der Waals surface area contributed by atoms with E-state index in [1.165, 1.54) is 24.3 Å². The van der Waals surface area contributed by atoms with Gasteiger partial charge in [-0.1, -0.05) is 48.9 Å². The highest BCUT2D eigenvalue weighted by molar-refractivity contribution is 7.92. The van der Waals surface area contributed by atoms with Crippen LogP contribution in [0.1, 0.15) is 13.3 Å². The van der Waals surface area contributed by atoms with E-state index < -0.39 is 16.1 Å². The van der Waals surface area contributed by atoms with Crippen LogP contribution in [0.5, 0.6) is 5.75 Å². The minimum Gasteiger partial charge on any atom is -0.479 e. The summed E-state index contributed by atoms with van der Waals surface area (Å²) in [6.45, 7) is 1.83. The summed E-state index contributed by atoms with van der Waals surface area (Å²) in [4.78, 5) is 12.7. The van der Waals surface area contributed by atoms with Crippen LogP contribution in [0, 0.1) is 0 Å². The number of anilines is 2. The number of ether oxygens (including phenoxy) is 1. The van der Waals surface area contributed by atoms with Gasteiger partial charge in [0.1, 0.15) is 5.75 Å². The molecule has 0 saturated carbocycles. The Balaban J connectivity index is 1.67. The predicted octanol–water partition coefficient (Wildman–Crippen LogP) is 4.94. The number of sulfonamides is 1. The number of para-hydroxylation sites is 2. The zero-order valence-electron chi connectivity index (χ0n) is 16.2. The van der Waals surface area contributed by atoms with E-state index in [0.717, 1.165) is 0 Å². The molecule has 1 atom stereocenters. The van der Waals surface area contributed by atoms with Crippen molar-refractivity contribution >= 4 is 38.9 Å². The highest BCUT2D eigenvalue weighted by Gasteiger charge is 2.20. The number of rotatable bonds is 8. The van der Waals surface area contributed by atoms with Crippen molar-refractivity contribution in [3.05, 3.63) is 83.9 Å². The van der Waals surface area contributed by atoms with Crippen LogP contribution in [0.2, 0.25) is 5.02 Å². The van der Waals surface area contributed by atoms with E-state index >= 15 is 0 Å². The standard InChI is InChI=1S/C22H21ClN2O4S/c1-2-20(29-21-11-7-6-10-19(21)23)22(26)24-16-12-14-18(15-13-16)30(27,28)25-17-8-4-3-5-9-17/h3-15,20,25H,2H2,1H3,(H,24,26)/t20-/m1/s1. The fourth-order valence-corrected chi connectivity index (χ4v) is 3.92. The summed E-state index contributed by atoms with van der Waals surface area (Å²) in [5.41, 5.74) is 0.928. The molecule has 0 aliphatic carbocycles. The Kier molecular flexibility index (Phi) is 6.97. The van der Waals surface area contributed by atoms with Gasteiger partial charge in [0.15, 0.2) is 6.10 Å². The van der Waals surface area contributed by atoms with Crippen LogP contribution < -0.4 is 14.8 Å². The first-order valence-electron chi connectivity index (χ1n) is 9.29. The largest absolute Gasteiger partial charge is 0.479 e. The molecule has 0 aliphatic rings. The molecule has 3 rings (SSSR count). The molecule has 3 aromatic rings. The van der Waals surface area contributed by atoms with Crippen LogP contribution in [0.3, 0.4) is 0 Å². The maximum atomic E-state index is 12.6. The fourth-order valence-electron chi connectivity index (χ4n) is 2.68. The average Bonchev–Trinajstić information content (AvgIpc) is 2.74. The van der Waals surface area contributed by atoms with Crippen LogP contribution in [-0.4, -0.2) is 20.4 Å². The van der Waals surface area contributed by atoms with E-state index in [0.29, 0.717) is 28.6 Å². The van der Waals surface area contributed by atoms with E-state index in [4.69, 9.17) is 16.3 Å². The summed E-state index contributed by atoms with van der Waals surface area (Å²) in [6, 6.07) is 21.4. The number of hydrogen-bond donors (Lipinski definition) is 2. The van der Waals surface area contributed by atoms with Gasteiger partial charge in [0.2, 0.25) is 0 Å². The van der Waals surface area contributed by atoms with Crippen molar-refractivity contribution < 1.29 is 17.9 Å². The topological polar surface area (TPSA) is 84.5 Å². The molecule has 0 radical (unpaired) electrons. The molecule has 0 aliphatic heterocycles. The van der Waals surface area contributed by atoms with E-state index in [-0.39, 0.29) is 10.8 Å². The second-order valence-corrected chi connectivity index (χ2v) is 8.52. The van der Waals surface area contributed by atoms with Gasteiger partial charge in [-0.25, -0.2) is 8.42 Å². The molecule has 0 saturated heterocycles. The molecule has 0 spiro atoms. The van der Waals surface area contributed by atoms with Crippen LogP contribution in [0.25, 0.3) is 0 Å². The van der Waals surface area contributed by atoms with Crippen molar-refractivity contribution in [1.82, 2.24) is 0 Å². The zero-order chi connectivity index (χ0) is 21.6. The third kappa shape index (κ3) is 5.52. The molecule has 8 heteroatoms. The average molecular weight is 445 g/mol. The molecular formula is C22H21ClN2O4S. The second kappa shape index (κ2) is 9.65. The Morgan fingerprint density at radius 3 is 2.20 bits per heavy atom. The predicted molar refractivity (Wildman–Crippen MR) is 118 cm³/mol. The number of nitrogens with one attached hydrogen (secondary N) is 2. The number of hydrogen-bond acceptors (Lipinski definition) is 4. The van der Waals surface area contributed by atoms with Gasteiger partial charge >= 0.3 is 0 Å². The first-order chi connectivity index (χ1) is 14.4. The monoisotopic (exact) mass is 444 g/mol. The number of amides is 1. The van der Waals surface area contributed by atoms with Gasteiger partial charge in [-0.2, -0.15) is 0 Å². The number of halogens is 1. The zero-order valence-corrected chi connectivity index (χ0v) is 17.8. The van der Waals surface area contributed by atoms with Gasteiger partial charge in [0.25, 0.3) is 15.9 Å². The molecule has 0 aromatic heterocycles. The Morgan fingerprint density at radius 1 is 0.933 bits per heavy atom. The van der Waals surface area contributed by atoms with E-state index in [1.807, 2.05) is 6.92 Å². The molecule has 6 nitrogen and oxygen atoms in total. The van der Waals surface area contributed by atoms with Crippen molar-refractivity contribution in [2.75, 3.05) is 10.0 Å². The molecule has 156 valence electrons. The lowest BCUT2D eigenvalue weighted by atomic mass is 10.2. The maximum absolute atomic E-state index is 12.6. The number of carbonyl (C=O) groups excluding carboxylic acids is 1. The van der Waals surface area contributed by atoms with Gasteiger partial charge in [-0.15, -0.1) is 0 Å². The van der Waals surface area contributed by atoms with Gasteiger partial charge < -0.3 is 10.1 Å². The SMILES string of the molecule is CC[C@@H](Oc1ccccc1Cl)C(=O)Nc1ccc(S(=O)(=O)Nc2ccccc2)cc1. The summed E-state index contributed by atoms with van der Waals surface area (Å²) in [6.07, 6.45) is -0.308. The lowest BCUT2D eigenvalue weighted by Gasteiger charge is -2.18. The van der Waals surface area contributed by atoms with Gasteiger partial charge in [-0.05, 0) is 55.0 Å². The molecular weight excluding hydrogens is 424 g/mol. The summed E-state index contributed by atoms with van der Waals surface area (Å²) in [5, 5.41) is 3.16. The highest BCUT2D eigenvalue weighted by atomic mass is 35.5. The van der Waals surface area contributed by atoms with E-state index in [2.05, 4.69) is 10.0 Å². The lowest BCUT2D eigenvalue weighted by molar-refractivity contribution is -0.122. The molecule has 0 fully saturated rings. The van der Waals surface area contributed by atoms with Crippen molar-refractivity contribution in [3.8, 4) is 5.75 Å². The van der Waals surface area contributed by atoms with Gasteiger partial charge in [0, 0.05) is 11.4 Å². The van der Waals surface area contributed by atoms with Crippen molar-refractivity contribution in [2.45, 2.75) is 24.3 Å². The summed E-state index contributed by atoms with van der Waals surface area (Å²) in [7, 11) is -3.73. The van der Waals surface area contributed by atoms with E-state index in [9.17, 15) is 13.2 Å². The third-order valence-electron chi connectivity index (χ3n) is 4.23. The van der Waals surface area contributed by atoms with Crippen LogP contribution in [0.4, 0.5) is 11.4 Å². The maximum Gasteiger partial charge on any atom is 0.265 e. The molecule has 0 unspecified atom stereocenters. The first kappa shape index (κ1) is 21.7. The summed E-state index contributed by atoms with van der Waals surface area (Å²) < 4.78 is 33.2. The number of carbonyl (C=O) groups is 1. The van der Waals surface area contributed by atoms with Gasteiger partial charge in [-0.3, -0.25) is 9.52 Å². The first-order valence-corrected chi connectivity index (χ1v) is 11.1. The van der Waals surface area contributed by atoms with Crippen molar-refractivity contribution in [1.29, 1.82) is 0 Å². The van der Waals surface area contributed by atoms with Crippen LogP contribution in [-0.2, 0) is 14.8 Å². The quantitative estimate of drug-likeness (QED) is 0.515. The molecule has 3 aromatic carbocycles. The molecule has 0 bridgehead atoms. The smallest absolute Gasteiger partial charge is 0.265 e. The molecule has 30 heavy (non-hydrogen) atoms. The van der Waals surface area contributed by atoms with Gasteiger partial charge in [0.05, 0.1) is 9.92 Å². The third-order valence-corrected chi connectivity index (χ3v) is 5.94. The van der Waals surface area contributed by atoms with Crippen molar-refractivity contribution in [3.63, 3.8) is 0 Å². The lowest BCUT2D eigenvalue weighted by Crippen LogP contribution is -2.32. The number of benzene rings is 3. The summed E-state index contributed by atoms with van der Waals surface area (Å²) in [5.74, 6) is 0.0741. The molecule has 0 heterocycles. The van der Waals surface area contributed by atoms with E-state index in [1.54, 1.807) is 54.6 Å². The molecule has 2 N–H and O–H groups in total. The Labute approximate surface area is 180 Å².